The van der Waals surface area contributed by atoms with Crippen LogP contribution in [-0.2, 0) is 13.0 Å². The fourth-order valence-electron chi connectivity index (χ4n) is 3.71. The molecule has 4 aromatic rings. The number of fused-ring (bicyclic) bond motifs is 2. The second-order valence-electron chi connectivity index (χ2n) is 7.06. The summed E-state index contributed by atoms with van der Waals surface area (Å²) in [5, 5.41) is 3.97. The van der Waals surface area contributed by atoms with Gasteiger partial charge in [0.2, 0.25) is 0 Å². The van der Waals surface area contributed by atoms with Crippen LogP contribution in [0.25, 0.3) is 22.2 Å². The number of thiazole rings is 1. The van der Waals surface area contributed by atoms with Gasteiger partial charge in [0.05, 0.1) is 16.6 Å². The van der Waals surface area contributed by atoms with E-state index in [2.05, 4.69) is 15.3 Å². The van der Waals surface area contributed by atoms with Crippen LogP contribution in [0.1, 0.15) is 27.5 Å². The molecule has 0 bridgehead atoms. The van der Waals surface area contributed by atoms with E-state index in [1.54, 1.807) is 22.8 Å². The van der Waals surface area contributed by atoms with Gasteiger partial charge in [-0.15, -0.1) is 11.3 Å². The zero-order chi connectivity index (χ0) is 20.0. The number of carbonyl (C=O) groups excluding carboxylic acids is 1. The molecule has 0 spiro atoms. The Labute approximate surface area is 170 Å². The van der Waals surface area contributed by atoms with Crippen molar-refractivity contribution in [3.8, 4) is 11.3 Å². The molecule has 7 heteroatoms. The van der Waals surface area contributed by atoms with Crippen molar-refractivity contribution in [2.45, 2.75) is 26.3 Å². The summed E-state index contributed by atoms with van der Waals surface area (Å²) in [6, 6.07) is 14.9. The van der Waals surface area contributed by atoms with Gasteiger partial charge in [0, 0.05) is 29.0 Å². The molecule has 0 atom stereocenters. The molecule has 6 nitrogen and oxygen atoms in total. The summed E-state index contributed by atoms with van der Waals surface area (Å²) in [6.45, 7) is 2.70. The van der Waals surface area contributed by atoms with E-state index in [-0.39, 0.29) is 11.5 Å². The Bertz CT molecular complexity index is 1310. The molecule has 29 heavy (non-hydrogen) atoms. The largest absolute Gasteiger partial charge is 0.298 e. The molecular formula is C22H18N4O2S. The Kier molecular flexibility index (Phi) is 4.24. The highest BCUT2D eigenvalue weighted by molar-refractivity contribution is 7.16. The monoisotopic (exact) mass is 402 g/mol. The minimum atomic E-state index is -0.261. The van der Waals surface area contributed by atoms with Crippen molar-refractivity contribution in [2.75, 3.05) is 5.32 Å². The summed E-state index contributed by atoms with van der Waals surface area (Å²) in [5.74, 6) is 0.533. The molecule has 1 aliphatic heterocycles. The van der Waals surface area contributed by atoms with Crippen LogP contribution >= 0.6 is 11.3 Å². The number of nitrogens with zero attached hydrogens (tertiary/aromatic N) is 3. The lowest BCUT2D eigenvalue weighted by atomic mass is 10.1. The van der Waals surface area contributed by atoms with Crippen molar-refractivity contribution in [1.82, 2.24) is 14.5 Å². The maximum Gasteiger partial charge on any atom is 0.261 e. The molecular weight excluding hydrogens is 384 g/mol. The van der Waals surface area contributed by atoms with Crippen LogP contribution in [0.2, 0.25) is 0 Å². The van der Waals surface area contributed by atoms with E-state index in [0.717, 1.165) is 34.8 Å². The highest BCUT2D eigenvalue weighted by Crippen LogP contribution is 2.30. The third kappa shape index (κ3) is 3.13. The summed E-state index contributed by atoms with van der Waals surface area (Å²) >= 11 is 1.44. The van der Waals surface area contributed by atoms with Gasteiger partial charge >= 0.3 is 0 Å². The van der Waals surface area contributed by atoms with E-state index in [9.17, 15) is 9.59 Å². The molecule has 0 aliphatic carbocycles. The lowest BCUT2D eigenvalue weighted by Crippen LogP contribution is -2.21. The number of amides is 1. The zero-order valence-corrected chi connectivity index (χ0v) is 16.6. The average molecular weight is 402 g/mol. The van der Waals surface area contributed by atoms with Crippen LogP contribution in [-0.4, -0.2) is 20.4 Å². The topological polar surface area (TPSA) is 76.9 Å². The highest BCUT2D eigenvalue weighted by atomic mass is 32.1. The van der Waals surface area contributed by atoms with E-state index >= 15 is 0 Å². The van der Waals surface area contributed by atoms with Crippen LogP contribution < -0.4 is 10.9 Å². The standard InChI is InChI=1S/C22H18N4O2S/c1-13-19(14-6-3-2-4-7-14)24-22(29-13)25-20(27)15-9-10-16-17(12-15)23-18-8-5-11-26(18)21(16)28/h2-4,6-7,9-10,12H,5,8,11H2,1H3,(H,24,25,27). The molecule has 144 valence electrons. The number of benzene rings is 2. The number of anilines is 1. The normalized spacial score (nSPS) is 12.9. The molecule has 0 radical (unpaired) electrons. The number of carbonyl (C=O) groups is 1. The van der Waals surface area contributed by atoms with Crippen molar-refractivity contribution in [3.63, 3.8) is 0 Å². The maximum atomic E-state index is 12.8. The van der Waals surface area contributed by atoms with Gasteiger partial charge in [-0.2, -0.15) is 0 Å². The lowest BCUT2D eigenvalue weighted by molar-refractivity contribution is 0.102. The van der Waals surface area contributed by atoms with Gasteiger partial charge in [0.15, 0.2) is 5.13 Å². The molecule has 1 amide bonds. The lowest BCUT2D eigenvalue weighted by Gasteiger charge is -2.07. The number of rotatable bonds is 3. The fourth-order valence-corrected chi connectivity index (χ4v) is 4.54. The SMILES string of the molecule is Cc1sc(NC(=O)c2ccc3c(=O)n4c(nc3c2)CCC4)nc1-c1ccccc1. The molecule has 2 aromatic carbocycles. The first kappa shape index (κ1) is 17.8. The first-order chi connectivity index (χ1) is 14.1. The zero-order valence-electron chi connectivity index (χ0n) is 15.8. The van der Waals surface area contributed by atoms with E-state index in [0.29, 0.717) is 28.1 Å². The van der Waals surface area contributed by atoms with Crippen LogP contribution in [0.15, 0.2) is 53.3 Å². The number of hydrogen-bond donors (Lipinski definition) is 1. The minimum absolute atomic E-state index is 0.0301. The molecule has 2 aromatic heterocycles. The van der Waals surface area contributed by atoms with E-state index in [4.69, 9.17) is 0 Å². The first-order valence-corrected chi connectivity index (χ1v) is 10.3. The van der Waals surface area contributed by atoms with Crippen molar-refractivity contribution in [3.05, 3.63) is 75.1 Å². The first-order valence-electron chi connectivity index (χ1n) is 9.48. The van der Waals surface area contributed by atoms with Gasteiger partial charge in [0.25, 0.3) is 11.5 Å². The third-order valence-electron chi connectivity index (χ3n) is 5.14. The van der Waals surface area contributed by atoms with Crippen molar-refractivity contribution < 1.29 is 4.79 Å². The highest BCUT2D eigenvalue weighted by Gasteiger charge is 2.18. The van der Waals surface area contributed by atoms with Crippen LogP contribution in [0, 0.1) is 6.92 Å². The van der Waals surface area contributed by atoms with E-state index in [1.165, 1.54) is 11.3 Å². The minimum Gasteiger partial charge on any atom is -0.298 e. The van der Waals surface area contributed by atoms with Crippen molar-refractivity contribution in [2.24, 2.45) is 0 Å². The van der Waals surface area contributed by atoms with Crippen molar-refractivity contribution >= 4 is 33.3 Å². The summed E-state index contributed by atoms with van der Waals surface area (Å²) in [7, 11) is 0. The Hall–Kier alpha value is -3.32. The summed E-state index contributed by atoms with van der Waals surface area (Å²) in [4.78, 5) is 35.6. The van der Waals surface area contributed by atoms with Gasteiger partial charge in [-0.3, -0.25) is 19.5 Å². The molecule has 5 rings (SSSR count). The smallest absolute Gasteiger partial charge is 0.261 e. The summed E-state index contributed by atoms with van der Waals surface area (Å²) < 4.78 is 1.73. The quantitative estimate of drug-likeness (QED) is 0.561. The molecule has 0 saturated heterocycles. The third-order valence-corrected chi connectivity index (χ3v) is 6.03. The van der Waals surface area contributed by atoms with Gasteiger partial charge < -0.3 is 0 Å². The summed E-state index contributed by atoms with van der Waals surface area (Å²) in [5.41, 5.74) is 2.88. The Morgan fingerprint density at radius 1 is 1.14 bits per heavy atom. The number of nitrogens with one attached hydrogen (secondary N) is 1. The Morgan fingerprint density at radius 3 is 2.79 bits per heavy atom. The Morgan fingerprint density at radius 2 is 1.97 bits per heavy atom. The van der Waals surface area contributed by atoms with E-state index in [1.807, 2.05) is 37.3 Å². The second-order valence-corrected chi connectivity index (χ2v) is 8.27. The predicted octanol–water partition coefficient (Wildman–Crippen LogP) is 4.03. The Balaban J connectivity index is 1.45. The van der Waals surface area contributed by atoms with Gasteiger partial charge in [-0.25, -0.2) is 9.97 Å². The fraction of sp³-hybridized carbons (Fsp3) is 0.182. The van der Waals surface area contributed by atoms with Gasteiger partial charge in [-0.1, -0.05) is 30.3 Å². The van der Waals surface area contributed by atoms with Gasteiger partial charge in [-0.05, 0) is 31.5 Å². The molecule has 1 aliphatic rings. The number of aromatic nitrogens is 3. The molecule has 3 heterocycles. The van der Waals surface area contributed by atoms with Crippen LogP contribution in [0.3, 0.4) is 0 Å². The molecule has 0 unspecified atom stereocenters. The predicted molar refractivity (Wildman–Crippen MR) is 115 cm³/mol. The van der Waals surface area contributed by atoms with Gasteiger partial charge in [0.1, 0.15) is 5.82 Å². The van der Waals surface area contributed by atoms with Crippen molar-refractivity contribution in [1.29, 1.82) is 0 Å². The van der Waals surface area contributed by atoms with Crippen LogP contribution in [0.4, 0.5) is 5.13 Å². The maximum absolute atomic E-state index is 12.8. The summed E-state index contributed by atoms with van der Waals surface area (Å²) in [6.07, 6.45) is 1.72. The molecule has 1 N–H and O–H groups in total. The number of aryl methyl sites for hydroxylation is 2. The van der Waals surface area contributed by atoms with E-state index < -0.39 is 0 Å². The second kappa shape index (κ2) is 6.93. The molecule has 0 fully saturated rings. The van der Waals surface area contributed by atoms with Crippen LogP contribution in [0.5, 0.6) is 0 Å². The average Bonchev–Trinajstić information content (AvgIpc) is 3.35. The molecule has 0 saturated carbocycles. The number of hydrogen-bond acceptors (Lipinski definition) is 5.